The van der Waals surface area contributed by atoms with Crippen molar-refractivity contribution >= 4 is 104 Å². The third-order valence-electron chi connectivity index (χ3n) is 4.55. The van der Waals surface area contributed by atoms with Crippen LogP contribution in [-0.2, 0) is 0 Å². The van der Waals surface area contributed by atoms with E-state index in [0.717, 1.165) is 12.8 Å². The highest BCUT2D eigenvalue weighted by atomic mass is 35.6. The summed E-state index contributed by atoms with van der Waals surface area (Å²) in [6.07, 6.45) is 9.15. The van der Waals surface area contributed by atoms with E-state index in [0.29, 0.717) is 6.42 Å². The number of hydrogen-bond acceptors (Lipinski definition) is 0. The first-order valence-electron chi connectivity index (χ1n) is 8.01. The average Bonchev–Trinajstić information content (AvgIpc) is 2.52. The molecule has 1 saturated carbocycles. The molecule has 0 saturated heterocycles. The summed E-state index contributed by atoms with van der Waals surface area (Å²) in [5.74, 6) is 0. The molecule has 144 valence electrons. The number of hydrogen-bond donors (Lipinski definition) is 0. The fourth-order valence-electron chi connectivity index (χ4n) is 2.91. The molecular weight excluding hydrogens is 499 g/mol. The molecule has 0 nitrogen and oxygen atoms in total. The first-order valence-corrected chi connectivity index (χ1v) is 11.4. The Morgan fingerprint density at radius 2 is 0.792 bits per heavy atom. The number of rotatable bonds is 9. The summed E-state index contributed by atoms with van der Waals surface area (Å²) >= 11 is 57.0. The van der Waals surface area contributed by atoms with Crippen molar-refractivity contribution in [1.29, 1.82) is 0 Å². The van der Waals surface area contributed by atoms with Crippen molar-refractivity contribution < 1.29 is 0 Å². The summed E-state index contributed by atoms with van der Waals surface area (Å²) in [4.78, 5) is -1.60. The number of alkyl halides is 9. The maximum atomic E-state index is 6.64. The van der Waals surface area contributed by atoms with Crippen molar-refractivity contribution in [3.05, 3.63) is 0 Å². The van der Waals surface area contributed by atoms with Crippen LogP contribution in [0.25, 0.3) is 0 Å². The van der Waals surface area contributed by atoms with Gasteiger partial charge in [-0.1, -0.05) is 151 Å². The van der Waals surface area contributed by atoms with Crippen LogP contribution in [0.2, 0.25) is 0 Å². The summed E-state index contributed by atoms with van der Waals surface area (Å²) < 4.78 is -7.95. The topological polar surface area (TPSA) is 0 Å². The van der Waals surface area contributed by atoms with Crippen molar-refractivity contribution in [3.63, 3.8) is 0 Å². The molecule has 9 heteroatoms. The third kappa shape index (κ3) is 3.99. The van der Waals surface area contributed by atoms with Gasteiger partial charge in [-0.15, -0.1) is 11.6 Å². The lowest BCUT2D eigenvalue weighted by atomic mass is 9.96. The van der Waals surface area contributed by atoms with Gasteiger partial charge in [-0.25, -0.2) is 0 Å². The van der Waals surface area contributed by atoms with Crippen molar-refractivity contribution in [3.8, 4) is 0 Å². The molecule has 0 amide bonds. The molecule has 1 aliphatic rings. The largest absolute Gasteiger partial charge is 0.188 e. The SMILES string of the molecule is CCCCCCCCCCC1(Cl)C(Cl)(Cl)C(Cl)(Cl)C(Cl)(Cl)C1(Cl)Cl. The van der Waals surface area contributed by atoms with E-state index in [4.69, 9.17) is 104 Å². The molecule has 0 radical (unpaired) electrons. The Morgan fingerprint density at radius 3 is 1.17 bits per heavy atom. The maximum absolute atomic E-state index is 6.64. The van der Waals surface area contributed by atoms with Gasteiger partial charge in [0.05, 0.1) is 0 Å². The van der Waals surface area contributed by atoms with Crippen molar-refractivity contribution in [2.24, 2.45) is 0 Å². The second kappa shape index (κ2) is 8.96. The number of unbranched alkanes of at least 4 members (excludes halogenated alkanes) is 7. The van der Waals surface area contributed by atoms with E-state index < -0.39 is 22.2 Å². The summed E-state index contributed by atoms with van der Waals surface area (Å²) in [5.41, 5.74) is 0. The van der Waals surface area contributed by atoms with Gasteiger partial charge < -0.3 is 0 Å². The zero-order valence-corrected chi connectivity index (χ0v) is 20.1. The molecule has 1 rings (SSSR count). The zero-order chi connectivity index (χ0) is 18.9. The minimum atomic E-state index is -2.04. The van der Waals surface area contributed by atoms with E-state index in [1.165, 1.54) is 32.1 Å². The first-order chi connectivity index (χ1) is 10.8. The molecule has 0 aliphatic heterocycles. The van der Waals surface area contributed by atoms with E-state index in [9.17, 15) is 0 Å². The van der Waals surface area contributed by atoms with E-state index >= 15 is 0 Å². The molecular formula is C15H21Cl9. The smallest absolute Gasteiger partial charge is 0.112 e. The van der Waals surface area contributed by atoms with Gasteiger partial charge in [0.15, 0.2) is 17.3 Å². The van der Waals surface area contributed by atoms with Crippen molar-refractivity contribution in [2.45, 2.75) is 86.9 Å². The molecule has 1 fully saturated rings. The van der Waals surface area contributed by atoms with Crippen LogP contribution < -0.4 is 0 Å². The summed E-state index contributed by atoms with van der Waals surface area (Å²) in [6.45, 7) is 2.19. The molecule has 0 aromatic rings. The molecule has 0 N–H and O–H groups in total. The Kier molecular flexibility index (Phi) is 9.20. The second-order valence-electron chi connectivity index (χ2n) is 6.32. The Morgan fingerprint density at radius 1 is 0.458 bits per heavy atom. The van der Waals surface area contributed by atoms with E-state index in [2.05, 4.69) is 6.92 Å². The van der Waals surface area contributed by atoms with Crippen LogP contribution in [0.5, 0.6) is 0 Å². The van der Waals surface area contributed by atoms with Gasteiger partial charge in [0, 0.05) is 0 Å². The second-order valence-corrected chi connectivity index (χ2v) is 12.3. The lowest BCUT2D eigenvalue weighted by Crippen LogP contribution is -2.51. The highest BCUT2D eigenvalue weighted by molar-refractivity contribution is 6.79. The lowest BCUT2D eigenvalue weighted by molar-refractivity contribution is 0.459. The molecule has 0 aromatic heterocycles. The van der Waals surface area contributed by atoms with Gasteiger partial charge >= 0.3 is 0 Å². The predicted octanol–water partition coefficient (Wildman–Crippen LogP) is 9.20. The molecule has 0 bridgehead atoms. The minimum Gasteiger partial charge on any atom is -0.112 e. The number of halogens is 9. The minimum absolute atomic E-state index is 0.284. The van der Waals surface area contributed by atoms with Gasteiger partial charge in [0.25, 0.3) is 0 Å². The highest BCUT2D eigenvalue weighted by Crippen LogP contribution is 2.77. The van der Waals surface area contributed by atoms with Crippen LogP contribution in [-0.4, -0.2) is 22.2 Å². The van der Waals surface area contributed by atoms with Crippen LogP contribution in [0, 0.1) is 0 Å². The van der Waals surface area contributed by atoms with Gasteiger partial charge in [-0.2, -0.15) is 0 Å². The van der Waals surface area contributed by atoms with E-state index in [1.807, 2.05) is 0 Å². The van der Waals surface area contributed by atoms with Crippen molar-refractivity contribution in [1.82, 2.24) is 0 Å². The fourth-order valence-corrected chi connectivity index (χ4v) is 6.82. The summed E-state index contributed by atoms with van der Waals surface area (Å²) in [7, 11) is 0. The van der Waals surface area contributed by atoms with Gasteiger partial charge in [0.2, 0.25) is 0 Å². The summed E-state index contributed by atoms with van der Waals surface area (Å²) in [5, 5.41) is 0. The fraction of sp³-hybridized carbons (Fsp3) is 1.00. The highest BCUT2D eigenvalue weighted by Gasteiger charge is 2.87. The third-order valence-corrected chi connectivity index (χ3v) is 11.5. The van der Waals surface area contributed by atoms with Crippen LogP contribution in [0.1, 0.15) is 64.7 Å². The van der Waals surface area contributed by atoms with Gasteiger partial charge in [-0.3, -0.25) is 0 Å². The zero-order valence-electron chi connectivity index (χ0n) is 13.3. The predicted molar refractivity (Wildman–Crippen MR) is 114 cm³/mol. The molecule has 0 spiro atoms. The molecule has 0 unspecified atom stereocenters. The Bertz CT molecular complexity index is 391. The lowest BCUT2D eigenvalue weighted by Gasteiger charge is -2.39. The van der Waals surface area contributed by atoms with E-state index in [1.54, 1.807) is 0 Å². The van der Waals surface area contributed by atoms with Gasteiger partial charge in [-0.05, 0) is 6.42 Å². The molecule has 0 heterocycles. The van der Waals surface area contributed by atoms with Gasteiger partial charge in [0.1, 0.15) is 4.87 Å². The summed E-state index contributed by atoms with van der Waals surface area (Å²) in [6, 6.07) is 0. The Labute approximate surface area is 190 Å². The normalized spacial score (nSPS) is 25.8. The van der Waals surface area contributed by atoms with Crippen molar-refractivity contribution in [2.75, 3.05) is 0 Å². The molecule has 1 aliphatic carbocycles. The first kappa shape index (κ1) is 24.6. The quantitative estimate of drug-likeness (QED) is 0.210. The Hall–Kier alpha value is 2.61. The van der Waals surface area contributed by atoms with Crippen LogP contribution in [0.3, 0.4) is 0 Å². The standard InChI is InChI=1S/C15H21Cl9/c1-2-3-4-5-6-7-8-9-10-11(16)12(17,18)14(21,22)15(23,24)13(11,19)20/h2-10H2,1H3. The molecule has 0 atom stereocenters. The van der Waals surface area contributed by atoms with Crippen LogP contribution >= 0.6 is 104 Å². The monoisotopic (exact) mass is 516 g/mol. The molecule has 0 aromatic carbocycles. The average molecular weight is 520 g/mol. The van der Waals surface area contributed by atoms with Crippen LogP contribution in [0.15, 0.2) is 0 Å². The molecule has 24 heavy (non-hydrogen) atoms. The van der Waals surface area contributed by atoms with E-state index in [-0.39, 0.29) is 6.42 Å². The maximum Gasteiger partial charge on any atom is 0.188 e. The Balaban J connectivity index is 2.69. The van der Waals surface area contributed by atoms with Crippen LogP contribution in [0.4, 0.5) is 0 Å².